The molecule has 3 aromatic rings. The Hall–Kier alpha value is -2.65. The van der Waals surface area contributed by atoms with Gasteiger partial charge in [-0.2, -0.15) is 0 Å². The van der Waals surface area contributed by atoms with Gasteiger partial charge in [0.05, 0.1) is 0 Å². The molecule has 3 rings (SSSR count). The van der Waals surface area contributed by atoms with Gasteiger partial charge in [0, 0.05) is 45.3 Å². The van der Waals surface area contributed by atoms with Gasteiger partial charge in [0.2, 0.25) is 0 Å². The van der Waals surface area contributed by atoms with Crippen LogP contribution in [0, 0.1) is 6.92 Å². The van der Waals surface area contributed by atoms with E-state index in [2.05, 4.69) is 64.4 Å². The van der Waals surface area contributed by atoms with Crippen LogP contribution in [-0.4, -0.2) is 28.2 Å². The SMILES string of the molecule is Cc1cc(C(Cl)(c2ccc(N(C)C)cc2)c2ccc(N(C)C)cc2)ccc1N. The van der Waals surface area contributed by atoms with Crippen LogP contribution in [0.3, 0.4) is 0 Å². The molecule has 0 saturated heterocycles. The molecule has 0 spiro atoms. The molecule has 3 aromatic carbocycles. The molecule has 2 N–H and O–H groups in total. The van der Waals surface area contributed by atoms with E-state index in [1.54, 1.807) is 0 Å². The largest absolute Gasteiger partial charge is 0.399 e. The van der Waals surface area contributed by atoms with E-state index in [-0.39, 0.29) is 0 Å². The highest BCUT2D eigenvalue weighted by molar-refractivity contribution is 6.28. The van der Waals surface area contributed by atoms with Crippen LogP contribution >= 0.6 is 11.6 Å². The van der Waals surface area contributed by atoms with Gasteiger partial charge in [-0.15, -0.1) is 11.6 Å². The van der Waals surface area contributed by atoms with Gasteiger partial charge in [-0.25, -0.2) is 0 Å². The van der Waals surface area contributed by atoms with E-state index in [1.807, 2.05) is 47.2 Å². The summed E-state index contributed by atoms with van der Waals surface area (Å²) in [6.45, 7) is 2.01. The second-order valence-corrected chi connectivity index (χ2v) is 8.18. The number of rotatable bonds is 5. The zero-order valence-electron chi connectivity index (χ0n) is 17.2. The highest BCUT2D eigenvalue weighted by Gasteiger charge is 2.34. The number of alkyl halides is 1. The van der Waals surface area contributed by atoms with E-state index in [0.717, 1.165) is 39.3 Å². The molecule has 0 bridgehead atoms. The predicted molar refractivity (Wildman–Crippen MR) is 123 cm³/mol. The number of hydrogen-bond donors (Lipinski definition) is 1. The molecule has 0 unspecified atom stereocenters. The predicted octanol–water partition coefficient (Wildman–Crippen LogP) is 5.24. The molecule has 0 aliphatic carbocycles. The average Bonchev–Trinajstić information content (AvgIpc) is 2.69. The number of anilines is 3. The quantitative estimate of drug-likeness (QED) is 0.365. The van der Waals surface area contributed by atoms with Crippen molar-refractivity contribution in [3.8, 4) is 0 Å². The molecule has 0 fully saturated rings. The van der Waals surface area contributed by atoms with Gasteiger partial charge in [-0.3, -0.25) is 0 Å². The van der Waals surface area contributed by atoms with E-state index in [1.165, 1.54) is 0 Å². The number of hydrogen-bond acceptors (Lipinski definition) is 3. The fourth-order valence-corrected chi connectivity index (χ4v) is 3.74. The first-order chi connectivity index (χ1) is 13.2. The smallest absolute Gasteiger partial charge is 0.119 e. The second kappa shape index (κ2) is 7.76. The Morgan fingerprint density at radius 1 is 0.679 bits per heavy atom. The van der Waals surface area contributed by atoms with E-state index >= 15 is 0 Å². The van der Waals surface area contributed by atoms with Gasteiger partial charge in [-0.1, -0.05) is 36.4 Å². The zero-order valence-corrected chi connectivity index (χ0v) is 18.0. The molecular formula is C24H28ClN3. The molecule has 0 radical (unpaired) electrons. The third-order valence-electron chi connectivity index (χ3n) is 5.23. The standard InChI is InChI=1S/C24H28ClN3/c1-17-16-20(10-15-23(17)26)24(25,18-6-11-21(12-7-18)27(2)3)19-8-13-22(14-9-19)28(4)5/h6-16H,26H2,1-5H3. The lowest BCUT2D eigenvalue weighted by atomic mass is 9.83. The van der Waals surface area contributed by atoms with Gasteiger partial charge in [0.1, 0.15) is 4.87 Å². The summed E-state index contributed by atoms with van der Waals surface area (Å²) in [4.78, 5) is 3.37. The highest BCUT2D eigenvalue weighted by atomic mass is 35.5. The van der Waals surface area contributed by atoms with Gasteiger partial charge in [-0.05, 0) is 59.5 Å². The molecule has 0 atom stereocenters. The number of nitrogens with zero attached hydrogens (tertiary/aromatic N) is 2. The van der Waals surface area contributed by atoms with Gasteiger partial charge in [0.25, 0.3) is 0 Å². The lowest BCUT2D eigenvalue weighted by Crippen LogP contribution is -2.23. The van der Waals surface area contributed by atoms with Crippen molar-refractivity contribution in [3.63, 3.8) is 0 Å². The summed E-state index contributed by atoms with van der Waals surface area (Å²) in [7, 11) is 8.14. The molecule has 0 heterocycles. The van der Waals surface area contributed by atoms with Crippen molar-refractivity contribution < 1.29 is 0 Å². The van der Waals surface area contributed by atoms with Crippen LogP contribution in [-0.2, 0) is 4.87 Å². The molecule has 0 aliphatic rings. The Morgan fingerprint density at radius 3 is 1.43 bits per heavy atom. The minimum atomic E-state index is -0.797. The van der Waals surface area contributed by atoms with Crippen LogP contribution in [0.15, 0.2) is 66.7 Å². The summed E-state index contributed by atoms with van der Waals surface area (Å²) in [6.07, 6.45) is 0. The van der Waals surface area contributed by atoms with Gasteiger partial charge < -0.3 is 15.5 Å². The minimum absolute atomic E-state index is 0.772. The Balaban J connectivity index is 2.19. The van der Waals surface area contributed by atoms with E-state index in [4.69, 9.17) is 17.3 Å². The van der Waals surface area contributed by atoms with Crippen LogP contribution < -0.4 is 15.5 Å². The van der Waals surface area contributed by atoms with Crippen LogP contribution in [0.2, 0.25) is 0 Å². The van der Waals surface area contributed by atoms with Crippen molar-refractivity contribution in [2.24, 2.45) is 0 Å². The maximum atomic E-state index is 7.44. The fraction of sp³-hybridized carbons (Fsp3) is 0.250. The second-order valence-electron chi connectivity index (χ2n) is 7.61. The lowest BCUT2D eigenvalue weighted by molar-refractivity contribution is 0.876. The first-order valence-corrected chi connectivity index (χ1v) is 9.72. The molecule has 3 nitrogen and oxygen atoms in total. The van der Waals surface area contributed by atoms with Crippen molar-refractivity contribution >= 4 is 28.7 Å². The maximum absolute atomic E-state index is 7.44. The Bertz CT molecular complexity index is 893. The van der Waals surface area contributed by atoms with E-state index in [0.29, 0.717) is 0 Å². The highest BCUT2D eigenvalue weighted by Crippen LogP contribution is 2.44. The molecule has 0 aliphatic heterocycles. The molecule has 28 heavy (non-hydrogen) atoms. The summed E-state index contributed by atoms with van der Waals surface area (Å²) >= 11 is 7.44. The van der Waals surface area contributed by atoms with Crippen LogP contribution in [0.4, 0.5) is 17.1 Å². The third-order valence-corrected chi connectivity index (χ3v) is 5.89. The summed E-state index contributed by atoms with van der Waals surface area (Å²) < 4.78 is 0. The Morgan fingerprint density at radius 2 is 1.07 bits per heavy atom. The Labute approximate surface area is 173 Å². The van der Waals surface area contributed by atoms with Crippen LogP contribution in [0.5, 0.6) is 0 Å². The first kappa shape index (κ1) is 20.1. The molecule has 0 saturated carbocycles. The fourth-order valence-electron chi connectivity index (χ4n) is 3.37. The topological polar surface area (TPSA) is 32.5 Å². The van der Waals surface area contributed by atoms with Crippen molar-refractivity contribution in [2.45, 2.75) is 11.8 Å². The Kier molecular flexibility index (Phi) is 5.57. The van der Waals surface area contributed by atoms with E-state index < -0.39 is 4.87 Å². The van der Waals surface area contributed by atoms with Crippen molar-refractivity contribution in [1.29, 1.82) is 0 Å². The van der Waals surface area contributed by atoms with Crippen molar-refractivity contribution in [2.75, 3.05) is 43.7 Å². The number of benzene rings is 3. The molecular weight excluding hydrogens is 366 g/mol. The maximum Gasteiger partial charge on any atom is 0.119 e. The number of nitrogens with two attached hydrogens (primary N) is 1. The number of nitrogen functional groups attached to an aromatic ring is 1. The van der Waals surface area contributed by atoms with Crippen molar-refractivity contribution in [3.05, 3.63) is 89.0 Å². The van der Waals surface area contributed by atoms with Crippen molar-refractivity contribution in [1.82, 2.24) is 0 Å². The van der Waals surface area contributed by atoms with Crippen LogP contribution in [0.1, 0.15) is 22.3 Å². The number of halogens is 1. The number of aryl methyl sites for hydroxylation is 1. The monoisotopic (exact) mass is 393 g/mol. The minimum Gasteiger partial charge on any atom is -0.399 e. The summed E-state index contributed by atoms with van der Waals surface area (Å²) in [5.74, 6) is 0. The summed E-state index contributed by atoms with van der Waals surface area (Å²) in [5.41, 5.74) is 13.2. The summed E-state index contributed by atoms with van der Waals surface area (Å²) in [5, 5.41) is 0. The normalized spacial score (nSPS) is 11.4. The van der Waals surface area contributed by atoms with Gasteiger partial charge >= 0.3 is 0 Å². The zero-order chi connectivity index (χ0) is 20.5. The lowest BCUT2D eigenvalue weighted by Gasteiger charge is -2.30. The molecule has 4 heteroatoms. The molecule has 0 amide bonds. The van der Waals surface area contributed by atoms with E-state index in [9.17, 15) is 0 Å². The molecule has 146 valence electrons. The van der Waals surface area contributed by atoms with Crippen LogP contribution in [0.25, 0.3) is 0 Å². The first-order valence-electron chi connectivity index (χ1n) is 9.34. The van der Waals surface area contributed by atoms with Gasteiger partial charge in [0.15, 0.2) is 0 Å². The third kappa shape index (κ3) is 3.67. The molecule has 0 aromatic heterocycles. The average molecular weight is 394 g/mol. The summed E-state index contributed by atoms with van der Waals surface area (Å²) in [6, 6.07) is 22.9.